The molecule has 0 radical (unpaired) electrons. The molecule has 0 aromatic carbocycles. The van der Waals surface area contributed by atoms with Crippen LogP contribution in [0.3, 0.4) is 0 Å². The average molecular weight is 303 g/mol. The summed E-state index contributed by atoms with van der Waals surface area (Å²) in [5.74, 6) is 5.02. The second-order valence-corrected chi connectivity index (χ2v) is 9.33. The first-order valence-electron chi connectivity index (χ1n) is 9.91. The summed E-state index contributed by atoms with van der Waals surface area (Å²) < 4.78 is 0. The highest BCUT2D eigenvalue weighted by Gasteiger charge is 2.60. The van der Waals surface area contributed by atoms with Crippen molar-refractivity contribution in [2.45, 2.75) is 78.6 Å². The second kappa shape index (κ2) is 5.02. The van der Waals surface area contributed by atoms with Crippen LogP contribution in [0.4, 0.5) is 0 Å². The molecule has 4 rings (SSSR count). The molecule has 0 amide bonds. The van der Waals surface area contributed by atoms with Crippen LogP contribution < -0.4 is 0 Å². The molecule has 0 aromatic rings. The zero-order valence-electron chi connectivity index (χ0n) is 14.8. The van der Waals surface area contributed by atoms with Crippen molar-refractivity contribution in [2.75, 3.05) is 0 Å². The van der Waals surface area contributed by atoms with E-state index < -0.39 is 0 Å². The van der Waals surface area contributed by atoms with Gasteiger partial charge >= 0.3 is 0 Å². The first-order chi connectivity index (χ1) is 10.5. The number of rotatable bonds is 1. The molecule has 4 aliphatic rings. The summed E-state index contributed by atoms with van der Waals surface area (Å²) in [6, 6.07) is 0. The maximum atomic E-state index is 10.8. The Bertz CT molecular complexity index is 480. The number of hydrogen-bond donors (Lipinski definition) is 1. The second-order valence-electron chi connectivity index (χ2n) is 9.33. The molecule has 0 aliphatic heterocycles. The molecule has 0 saturated heterocycles. The molecule has 0 spiro atoms. The summed E-state index contributed by atoms with van der Waals surface area (Å²) in [5, 5.41) is 10.8. The van der Waals surface area contributed by atoms with Gasteiger partial charge in [-0.15, -0.1) is 0 Å². The molecule has 7 atom stereocenters. The van der Waals surface area contributed by atoms with E-state index in [2.05, 4.69) is 26.8 Å². The summed E-state index contributed by atoms with van der Waals surface area (Å²) in [6.45, 7) is 7.42. The number of aliphatic hydroxyl groups is 1. The first-order valence-corrected chi connectivity index (χ1v) is 9.91. The van der Waals surface area contributed by atoms with Crippen molar-refractivity contribution < 1.29 is 5.11 Å². The van der Waals surface area contributed by atoms with Crippen LogP contribution in [0, 0.1) is 40.4 Å². The highest BCUT2D eigenvalue weighted by atomic mass is 16.3. The van der Waals surface area contributed by atoms with E-state index in [0.29, 0.717) is 5.41 Å². The Labute approximate surface area is 136 Å². The zero-order chi connectivity index (χ0) is 15.5. The third-order valence-electron chi connectivity index (χ3n) is 9.00. The molecule has 1 nitrogen and oxygen atoms in total. The Hall–Kier alpha value is -0.460. The summed E-state index contributed by atoms with van der Waals surface area (Å²) in [6.07, 6.45) is 14.4. The van der Waals surface area contributed by atoms with Crippen molar-refractivity contribution in [1.82, 2.24) is 0 Å². The van der Waals surface area contributed by atoms with E-state index in [1.807, 2.05) is 0 Å². The van der Waals surface area contributed by atoms with Crippen molar-refractivity contribution in [3.05, 3.63) is 11.8 Å². The molecule has 22 heavy (non-hydrogen) atoms. The number of allylic oxidation sites excluding steroid dienone is 2. The lowest BCUT2D eigenvalue weighted by Gasteiger charge is -2.59. The molecule has 4 aliphatic carbocycles. The van der Waals surface area contributed by atoms with Crippen LogP contribution in [0.5, 0.6) is 0 Å². The Morgan fingerprint density at radius 1 is 1.05 bits per heavy atom. The summed E-state index contributed by atoms with van der Waals surface area (Å²) in [4.78, 5) is 0. The van der Waals surface area contributed by atoms with Gasteiger partial charge in [-0.3, -0.25) is 0 Å². The van der Waals surface area contributed by atoms with Crippen molar-refractivity contribution in [3.8, 4) is 0 Å². The number of fused-ring (bicyclic) bond motifs is 5. The normalized spacial score (nSPS) is 54.1. The van der Waals surface area contributed by atoms with Crippen molar-refractivity contribution in [1.29, 1.82) is 0 Å². The standard InChI is InChI=1S/C21H34O/c1-4-14-9-11-17-16-10-8-15-6-5-7-19(22)21(15,3)18(16)12-13-20(14,17)2/h7,14-18,22H,4-6,8-13H2,1-3H3/t14-,15?,16-,17-,18-,20+,21-/m0/s1. The van der Waals surface area contributed by atoms with Crippen LogP contribution in [0.1, 0.15) is 78.6 Å². The Morgan fingerprint density at radius 2 is 1.86 bits per heavy atom. The lowest BCUT2D eigenvalue weighted by Crippen LogP contribution is -2.53. The summed E-state index contributed by atoms with van der Waals surface area (Å²) in [7, 11) is 0. The smallest absolute Gasteiger partial charge is 0.0947 e. The van der Waals surface area contributed by atoms with Gasteiger partial charge in [-0.25, -0.2) is 0 Å². The van der Waals surface area contributed by atoms with E-state index in [9.17, 15) is 5.11 Å². The molecular formula is C21H34O. The van der Waals surface area contributed by atoms with Crippen molar-refractivity contribution >= 4 is 0 Å². The van der Waals surface area contributed by atoms with Crippen LogP contribution in [0.2, 0.25) is 0 Å². The van der Waals surface area contributed by atoms with Gasteiger partial charge in [0.05, 0.1) is 5.76 Å². The number of hydrogen-bond acceptors (Lipinski definition) is 1. The predicted octanol–water partition coefficient (Wildman–Crippen LogP) is 6.11. The highest BCUT2D eigenvalue weighted by molar-refractivity contribution is 5.19. The molecule has 0 heterocycles. The fraction of sp³-hybridized carbons (Fsp3) is 0.905. The third-order valence-corrected chi connectivity index (χ3v) is 9.00. The van der Waals surface area contributed by atoms with Crippen LogP contribution >= 0.6 is 0 Å². The minimum absolute atomic E-state index is 0.104. The van der Waals surface area contributed by atoms with Gasteiger partial charge in [0.15, 0.2) is 0 Å². The largest absolute Gasteiger partial charge is 0.512 e. The fourth-order valence-corrected chi connectivity index (χ4v) is 7.69. The fourth-order valence-electron chi connectivity index (χ4n) is 7.69. The first kappa shape index (κ1) is 15.1. The van der Waals surface area contributed by atoms with Crippen LogP contribution in [0.25, 0.3) is 0 Å². The van der Waals surface area contributed by atoms with Gasteiger partial charge in [-0.05, 0) is 92.4 Å². The minimum Gasteiger partial charge on any atom is -0.512 e. The van der Waals surface area contributed by atoms with Crippen LogP contribution in [-0.2, 0) is 0 Å². The topological polar surface area (TPSA) is 20.2 Å². The average Bonchev–Trinajstić information content (AvgIpc) is 2.85. The van der Waals surface area contributed by atoms with Gasteiger partial charge < -0.3 is 5.11 Å². The van der Waals surface area contributed by atoms with E-state index in [0.717, 1.165) is 41.8 Å². The molecule has 124 valence electrons. The molecule has 1 unspecified atom stereocenters. The van der Waals surface area contributed by atoms with E-state index in [4.69, 9.17) is 0 Å². The Balaban J connectivity index is 1.68. The lowest BCUT2D eigenvalue weighted by atomic mass is 9.45. The van der Waals surface area contributed by atoms with E-state index in [1.54, 1.807) is 0 Å². The monoisotopic (exact) mass is 302 g/mol. The van der Waals surface area contributed by atoms with Gasteiger partial charge in [0, 0.05) is 5.41 Å². The van der Waals surface area contributed by atoms with Crippen LogP contribution in [0.15, 0.2) is 11.8 Å². The predicted molar refractivity (Wildman–Crippen MR) is 91.6 cm³/mol. The molecule has 1 N–H and O–H groups in total. The van der Waals surface area contributed by atoms with Crippen LogP contribution in [-0.4, -0.2) is 5.11 Å². The quantitative estimate of drug-likeness (QED) is 0.620. The Kier molecular flexibility index (Phi) is 3.44. The molecule has 0 aromatic heterocycles. The molecule has 1 heteroatoms. The zero-order valence-corrected chi connectivity index (χ0v) is 14.8. The lowest BCUT2D eigenvalue weighted by molar-refractivity contribution is -0.0983. The Morgan fingerprint density at radius 3 is 2.64 bits per heavy atom. The van der Waals surface area contributed by atoms with Crippen molar-refractivity contribution in [3.63, 3.8) is 0 Å². The SMILES string of the molecule is CC[C@H]1CC[C@H]2[C@@H]3CCC4CCC=C(O)[C@]4(C)[C@H]3CC[C@]12C. The van der Waals surface area contributed by atoms with E-state index in [1.165, 1.54) is 51.4 Å². The van der Waals surface area contributed by atoms with Crippen molar-refractivity contribution in [2.24, 2.45) is 40.4 Å². The van der Waals surface area contributed by atoms with Gasteiger partial charge in [0.1, 0.15) is 0 Å². The number of aliphatic hydroxyl groups excluding tert-OH is 1. The molecule has 3 fully saturated rings. The molecule has 3 saturated carbocycles. The molecular weight excluding hydrogens is 268 g/mol. The van der Waals surface area contributed by atoms with Gasteiger partial charge in [-0.1, -0.05) is 27.2 Å². The van der Waals surface area contributed by atoms with E-state index in [-0.39, 0.29) is 5.41 Å². The van der Waals surface area contributed by atoms with E-state index >= 15 is 0 Å². The van der Waals surface area contributed by atoms with Gasteiger partial charge in [-0.2, -0.15) is 0 Å². The van der Waals surface area contributed by atoms with Gasteiger partial charge in [0.2, 0.25) is 0 Å². The summed E-state index contributed by atoms with van der Waals surface area (Å²) >= 11 is 0. The minimum atomic E-state index is 0.104. The maximum Gasteiger partial charge on any atom is 0.0947 e. The highest BCUT2D eigenvalue weighted by Crippen LogP contribution is 2.67. The molecule has 0 bridgehead atoms. The summed E-state index contributed by atoms with van der Waals surface area (Å²) in [5.41, 5.74) is 0.708. The third kappa shape index (κ3) is 1.77. The maximum absolute atomic E-state index is 10.8. The van der Waals surface area contributed by atoms with Gasteiger partial charge in [0.25, 0.3) is 0 Å².